The van der Waals surface area contributed by atoms with Crippen LogP contribution in [0.4, 0.5) is 4.79 Å². The molecule has 0 aliphatic carbocycles. The van der Waals surface area contributed by atoms with Gasteiger partial charge in [-0.2, -0.15) is 0 Å². The Labute approximate surface area is 101 Å². The Kier molecular flexibility index (Phi) is 4.35. The lowest BCUT2D eigenvalue weighted by Gasteiger charge is -2.39. The number of amides is 1. The molecule has 0 saturated carbocycles. The van der Waals surface area contributed by atoms with Crippen LogP contribution in [-0.2, 0) is 4.74 Å². The number of likely N-dealkylation sites (tertiary alicyclic amines) is 1. The van der Waals surface area contributed by atoms with Gasteiger partial charge in [0.25, 0.3) is 0 Å². The predicted molar refractivity (Wildman–Crippen MR) is 62.4 cm³/mol. The lowest BCUT2D eigenvalue weighted by molar-refractivity contribution is -0.0632. The zero-order valence-corrected chi connectivity index (χ0v) is 10.6. The van der Waals surface area contributed by atoms with Crippen LogP contribution in [-0.4, -0.2) is 58.6 Å². The third kappa shape index (κ3) is 3.83. The topological polar surface area (TPSA) is 96.0 Å². The summed E-state index contributed by atoms with van der Waals surface area (Å²) in [6.45, 7) is 5.80. The van der Waals surface area contributed by atoms with Gasteiger partial charge in [-0.05, 0) is 20.8 Å². The first-order valence-corrected chi connectivity index (χ1v) is 5.78. The van der Waals surface area contributed by atoms with E-state index >= 15 is 0 Å². The van der Waals surface area contributed by atoms with Crippen LogP contribution in [0.5, 0.6) is 0 Å². The number of carbonyl (C=O) groups is 1. The molecule has 17 heavy (non-hydrogen) atoms. The molecule has 1 saturated heterocycles. The Bertz CT molecular complexity index is 265. The lowest BCUT2D eigenvalue weighted by Crippen LogP contribution is -2.56. The summed E-state index contributed by atoms with van der Waals surface area (Å²) in [6.07, 6.45) is -2.14. The summed E-state index contributed by atoms with van der Waals surface area (Å²) >= 11 is 0. The van der Waals surface area contributed by atoms with Crippen molar-refractivity contribution in [3.05, 3.63) is 0 Å². The smallest absolute Gasteiger partial charge is 0.410 e. The van der Waals surface area contributed by atoms with Gasteiger partial charge in [-0.1, -0.05) is 0 Å². The molecular formula is C11H22N2O4. The van der Waals surface area contributed by atoms with Gasteiger partial charge in [0.05, 0.1) is 25.3 Å². The molecule has 1 amide bonds. The molecule has 6 nitrogen and oxygen atoms in total. The molecule has 1 fully saturated rings. The first-order chi connectivity index (χ1) is 7.74. The fraction of sp³-hybridized carbons (Fsp3) is 0.909. The van der Waals surface area contributed by atoms with Gasteiger partial charge in [0, 0.05) is 12.5 Å². The molecule has 1 rings (SSSR count). The second-order valence-corrected chi connectivity index (χ2v) is 5.42. The molecular weight excluding hydrogens is 224 g/mol. The number of β-amino-alcohol motifs (C(OH)–C–C–N with tert-alkyl or cyclic N) is 2. The van der Waals surface area contributed by atoms with E-state index in [-0.39, 0.29) is 25.6 Å². The van der Waals surface area contributed by atoms with Gasteiger partial charge >= 0.3 is 6.09 Å². The largest absolute Gasteiger partial charge is 0.444 e. The normalized spacial score (nSPS) is 30.2. The minimum atomic E-state index is -0.809. The minimum Gasteiger partial charge on any atom is -0.444 e. The van der Waals surface area contributed by atoms with Crippen LogP contribution in [0.15, 0.2) is 0 Å². The highest BCUT2D eigenvalue weighted by atomic mass is 16.6. The van der Waals surface area contributed by atoms with Crippen LogP contribution >= 0.6 is 0 Å². The molecule has 0 aromatic rings. The van der Waals surface area contributed by atoms with Crippen molar-refractivity contribution in [1.82, 2.24) is 4.90 Å². The number of hydrogen-bond donors (Lipinski definition) is 3. The van der Waals surface area contributed by atoms with E-state index in [1.165, 1.54) is 4.90 Å². The van der Waals surface area contributed by atoms with E-state index in [1.807, 2.05) is 0 Å². The van der Waals surface area contributed by atoms with Crippen LogP contribution in [0.3, 0.4) is 0 Å². The zero-order valence-electron chi connectivity index (χ0n) is 10.6. The summed E-state index contributed by atoms with van der Waals surface area (Å²) in [5, 5.41) is 19.5. The van der Waals surface area contributed by atoms with Crippen LogP contribution in [0.2, 0.25) is 0 Å². The van der Waals surface area contributed by atoms with Gasteiger partial charge in [-0.3, -0.25) is 0 Å². The van der Waals surface area contributed by atoms with Gasteiger partial charge in [0.15, 0.2) is 0 Å². The lowest BCUT2D eigenvalue weighted by atomic mass is 9.91. The molecule has 6 heteroatoms. The van der Waals surface area contributed by atoms with Crippen molar-refractivity contribution in [2.75, 3.05) is 19.6 Å². The van der Waals surface area contributed by atoms with E-state index in [0.717, 1.165) is 0 Å². The Hall–Kier alpha value is -0.850. The average Bonchev–Trinajstić information content (AvgIpc) is 2.14. The van der Waals surface area contributed by atoms with Gasteiger partial charge < -0.3 is 25.6 Å². The summed E-state index contributed by atoms with van der Waals surface area (Å²) < 4.78 is 5.18. The predicted octanol–water partition coefficient (Wildman–Crippen LogP) is -0.466. The van der Waals surface area contributed by atoms with E-state index in [9.17, 15) is 15.0 Å². The van der Waals surface area contributed by atoms with E-state index in [2.05, 4.69) is 0 Å². The number of nitrogens with zero attached hydrogens (tertiary/aromatic N) is 1. The highest BCUT2D eigenvalue weighted by molar-refractivity contribution is 5.68. The van der Waals surface area contributed by atoms with Gasteiger partial charge in [0.2, 0.25) is 0 Å². The number of aliphatic hydroxyl groups excluding tert-OH is 2. The quantitative estimate of drug-likeness (QED) is 0.581. The van der Waals surface area contributed by atoms with Crippen LogP contribution < -0.4 is 5.73 Å². The molecule has 0 bridgehead atoms. The van der Waals surface area contributed by atoms with E-state index < -0.39 is 23.9 Å². The molecule has 3 atom stereocenters. The molecule has 1 aliphatic rings. The highest BCUT2D eigenvalue weighted by Gasteiger charge is 2.37. The number of hydrogen-bond acceptors (Lipinski definition) is 5. The van der Waals surface area contributed by atoms with Gasteiger partial charge in [-0.15, -0.1) is 0 Å². The fourth-order valence-corrected chi connectivity index (χ4v) is 1.84. The summed E-state index contributed by atoms with van der Waals surface area (Å²) in [5.74, 6) is -0.381. The van der Waals surface area contributed by atoms with E-state index in [1.54, 1.807) is 20.8 Å². The maximum atomic E-state index is 11.8. The Balaban J connectivity index is 2.60. The molecule has 0 aromatic heterocycles. The standard InChI is InChI=1S/C11H22N2O4/c1-11(2,3)17-10(16)13-5-8(14)7(4-12)9(15)6-13/h7-9,14-15H,4-6,12H2,1-3H3/t7?,8-,9+. The first-order valence-electron chi connectivity index (χ1n) is 5.78. The first kappa shape index (κ1) is 14.2. The summed E-state index contributed by atoms with van der Waals surface area (Å²) in [5.41, 5.74) is 4.87. The Morgan fingerprint density at radius 1 is 1.35 bits per heavy atom. The number of nitrogens with two attached hydrogens (primary N) is 1. The molecule has 1 aliphatic heterocycles. The minimum absolute atomic E-state index is 0.147. The van der Waals surface area contributed by atoms with E-state index in [4.69, 9.17) is 10.5 Å². The molecule has 0 radical (unpaired) electrons. The van der Waals surface area contributed by atoms with Crippen molar-refractivity contribution in [3.63, 3.8) is 0 Å². The third-order valence-corrected chi connectivity index (χ3v) is 2.73. The number of aliphatic hydroxyl groups is 2. The van der Waals surface area contributed by atoms with Crippen LogP contribution in [0, 0.1) is 5.92 Å². The van der Waals surface area contributed by atoms with Crippen LogP contribution in [0.25, 0.3) is 0 Å². The maximum Gasteiger partial charge on any atom is 0.410 e. The van der Waals surface area contributed by atoms with Crippen LogP contribution in [0.1, 0.15) is 20.8 Å². The second kappa shape index (κ2) is 5.20. The summed E-state index contributed by atoms with van der Waals surface area (Å²) in [4.78, 5) is 13.1. The van der Waals surface area contributed by atoms with Crippen molar-refractivity contribution in [2.45, 2.75) is 38.6 Å². The monoisotopic (exact) mass is 246 g/mol. The third-order valence-electron chi connectivity index (χ3n) is 2.73. The van der Waals surface area contributed by atoms with Gasteiger partial charge in [-0.25, -0.2) is 4.79 Å². The average molecular weight is 246 g/mol. The number of ether oxygens (including phenoxy) is 1. The van der Waals surface area contributed by atoms with E-state index in [0.29, 0.717) is 0 Å². The molecule has 0 spiro atoms. The number of carbonyl (C=O) groups excluding carboxylic acids is 1. The fourth-order valence-electron chi connectivity index (χ4n) is 1.84. The number of piperidine rings is 1. The molecule has 0 aromatic carbocycles. The summed E-state index contributed by atoms with van der Waals surface area (Å²) in [7, 11) is 0. The molecule has 1 heterocycles. The van der Waals surface area contributed by atoms with Gasteiger partial charge in [0.1, 0.15) is 5.60 Å². The van der Waals surface area contributed by atoms with Crippen molar-refractivity contribution in [3.8, 4) is 0 Å². The maximum absolute atomic E-state index is 11.8. The SMILES string of the molecule is CC(C)(C)OC(=O)N1C[C@@H](O)C(CN)[C@@H](O)C1. The van der Waals surface area contributed by atoms with Crippen molar-refractivity contribution < 1.29 is 19.7 Å². The zero-order chi connectivity index (χ0) is 13.2. The molecule has 100 valence electrons. The number of rotatable bonds is 1. The van der Waals surface area contributed by atoms with Crippen molar-refractivity contribution >= 4 is 6.09 Å². The summed E-state index contributed by atoms with van der Waals surface area (Å²) in [6, 6.07) is 0. The Morgan fingerprint density at radius 2 is 1.82 bits per heavy atom. The highest BCUT2D eigenvalue weighted by Crippen LogP contribution is 2.19. The molecule has 1 unspecified atom stereocenters. The Morgan fingerprint density at radius 3 is 2.18 bits per heavy atom. The van der Waals surface area contributed by atoms with Crippen molar-refractivity contribution in [1.29, 1.82) is 0 Å². The molecule has 4 N–H and O–H groups in total. The second-order valence-electron chi connectivity index (χ2n) is 5.42. The van der Waals surface area contributed by atoms with Crippen molar-refractivity contribution in [2.24, 2.45) is 11.7 Å².